The number of ether oxygens (including phenoxy) is 5. The van der Waals surface area contributed by atoms with Gasteiger partial charge in [0.15, 0.2) is 23.2 Å². The number of rotatable bonds is 6. The van der Waals surface area contributed by atoms with Crippen LogP contribution in [0.5, 0.6) is 11.5 Å². The molecule has 0 bridgehead atoms. The van der Waals surface area contributed by atoms with E-state index >= 15 is 0 Å². The van der Waals surface area contributed by atoms with Crippen LogP contribution in [0.25, 0.3) is 0 Å². The molecule has 0 radical (unpaired) electrons. The van der Waals surface area contributed by atoms with E-state index in [1.54, 1.807) is 0 Å². The molecule has 0 unspecified atom stereocenters. The van der Waals surface area contributed by atoms with Crippen molar-refractivity contribution in [2.75, 3.05) is 27.1 Å². The largest absolute Gasteiger partial charge is 0.493 e. The van der Waals surface area contributed by atoms with E-state index in [0.717, 1.165) is 25.7 Å². The standard InChI is InChI=1S/C22H30N2O8/c1-13-16-7-5-4-6-15(16)10-29-11-17(22(27)32-13)24-21(26)19-20(31-12-30-14(2)25)18(28-3)8-9-23-19/h8-9,13,15-17H,4-7,10-12H2,1-3H3,(H,24,26)/t13-,15-,16-,17-/m0/s1. The second kappa shape index (κ2) is 11.1. The maximum Gasteiger partial charge on any atom is 0.331 e. The monoisotopic (exact) mass is 450 g/mol. The Hall–Kier alpha value is -2.88. The molecule has 0 aromatic carbocycles. The van der Waals surface area contributed by atoms with Gasteiger partial charge in [-0.1, -0.05) is 12.8 Å². The zero-order valence-corrected chi connectivity index (χ0v) is 18.6. The summed E-state index contributed by atoms with van der Waals surface area (Å²) in [5, 5.41) is 2.63. The molecule has 2 heterocycles. The molecule has 10 nitrogen and oxygen atoms in total. The van der Waals surface area contributed by atoms with Gasteiger partial charge in [0, 0.05) is 31.7 Å². The van der Waals surface area contributed by atoms with Gasteiger partial charge in [0.1, 0.15) is 6.10 Å². The lowest BCUT2D eigenvalue weighted by Crippen LogP contribution is -2.46. The minimum atomic E-state index is -1.00. The van der Waals surface area contributed by atoms with Gasteiger partial charge >= 0.3 is 11.9 Å². The van der Waals surface area contributed by atoms with Crippen LogP contribution in [-0.2, 0) is 23.8 Å². The third-order valence-corrected chi connectivity index (χ3v) is 5.85. The number of nitrogens with one attached hydrogen (secondary N) is 1. The molecular weight excluding hydrogens is 420 g/mol. The first-order valence-corrected chi connectivity index (χ1v) is 10.8. The summed E-state index contributed by atoms with van der Waals surface area (Å²) >= 11 is 0. The third-order valence-electron chi connectivity index (χ3n) is 5.85. The molecule has 4 atom stereocenters. The van der Waals surface area contributed by atoms with E-state index in [4.69, 9.17) is 23.7 Å². The van der Waals surface area contributed by atoms with E-state index in [-0.39, 0.29) is 35.8 Å². The van der Waals surface area contributed by atoms with E-state index in [1.165, 1.54) is 26.3 Å². The maximum absolute atomic E-state index is 13.0. The van der Waals surface area contributed by atoms with Crippen molar-refractivity contribution in [3.8, 4) is 11.5 Å². The van der Waals surface area contributed by atoms with Crippen LogP contribution in [0.4, 0.5) is 0 Å². The highest BCUT2D eigenvalue weighted by Crippen LogP contribution is 2.35. The molecule has 1 aliphatic heterocycles. The number of hydrogen-bond acceptors (Lipinski definition) is 9. The lowest BCUT2D eigenvalue weighted by molar-refractivity contribution is -0.154. The Morgan fingerprint density at radius 1 is 1.25 bits per heavy atom. The highest BCUT2D eigenvalue weighted by atomic mass is 16.7. The van der Waals surface area contributed by atoms with Crippen molar-refractivity contribution >= 4 is 17.8 Å². The Morgan fingerprint density at radius 2 is 2.03 bits per heavy atom. The number of aromatic nitrogens is 1. The highest BCUT2D eigenvalue weighted by molar-refractivity contribution is 5.98. The van der Waals surface area contributed by atoms with Gasteiger partial charge in [-0.05, 0) is 25.7 Å². The smallest absolute Gasteiger partial charge is 0.331 e. The lowest BCUT2D eigenvalue weighted by atomic mass is 9.77. The predicted molar refractivity (Wildman–Crippen MR) is 111 cm³/mol. The van der Waals surface area contributed by atoms with Gasteiger partial charge in [-0.3, -0.25) is 9.59 Å². The first-order chi connectivity index (χ1) is 15.4. The molecule has 3 rings (SSSR count). The number of nitrogens with zero attached hydrogens (tertiary/aromatic N) is 1. The summed E-state index contributed by atoms with van der Waals surface area (Å²) in [7, 11) is 1.40. The predicted octanol–water partition coefficient (Wildman–Crippen LogP) is 1.86. The first-order valence-electron chi connectivity index (χ1n) is 10.8. The fourth-order valence-corrected chi connectivity index (χ4v) is 4.21. The van der Waals surface area contributed by atoms with E-state index in [9.17, 15) is 14.4 Å². The highest BCUT2D eigenvalue weighted by Gasteiger charge is 2.36. The van der Waals surface area contributed by atoms with Crippen LogP contribution in [0.2, 0.25) is 0 Å². The maximum atomic E-state index is 13.0. The molecule has 10 heteroatoms. The Kier molecular flexibility index (Phi) is 8.26. The molecule has 2 fully saturated rings. The molecule has 1 aromatic rings. The van der Waals surface area contributed by atoms with Gasteiger partial charge in [-0.25, -0.2) is 9.78 Å². The van der Waals surface area contributed by atoms with E-state index in [2.05, 4.69) is 10.3 Å². The zero-order chi connectivity index (χ0) is 23.1. The van der Waals surface area contributed by atoms with Crippen LogP contribution in [0.3, 0.4) is 0 Å². The molecule has 1 aliphatic carbocycles. The van der Waals surface area contributed by atoms with Crippen LogP contribution in [0.15, 0.2) is 12.3 Å². The molecule has 32 heavy (non-hydrogen) atoms. The minimum Gasteiger partial charge on any atom is -0.493 e. The average molecular weight is 450 g/mol. The van der Waals surface area contributed by atoms with Crippen molar-refractivity contribution in [2.24, 2.45) is 11.8 Å². The lowest BCUT2D eigenvalue weighted by Gasteiger charge is -2.34. The number of carbonyl (C=O) groups is 3. The number of pyridine rings is 1. The minimum absolute atomic E-state index is 0.00583. The summed E-state index contributed by atoms with van der Waals surface area (Å²) in [6.07, 6.45) is 5.41. The molecule has 1 saturated heterocycles. The molecule has 1 amide bonds. The van der Waals surface area contributed by atoms with Crippen molar-refractivity contribution in [1.82, 2.24) is 10.3 Å². The molecular formula is C22H30N2O8. The van der Waals surface area contributed by atoms with E-state index in [1.807, 2.05) is 6.92 Å². The Labute approximate surface area is 186 Å². The van der Waals surface area contributed by atoms with Gasteiger partial charge in [0.25, 0.3) is 5.91 Å². The van der Waals surface area contributed by atoms with Crippen molar-refractivity contribution in [1.29, 1.82) is 0 Å². The molecule has 0 spiro atoms. The van der Waals surface area contributed by atoms with Gasteiger partial charge in [0.05, 0.1) is 13.7 Å². The molecule has 1 saturated carbocycles. The number of methoxy groups -OCH3 is 1. The Bertz CT molecular complexity index is 830. The summed E-state index contributed by atoms with van der Waals surface area (Å²) in [6, 6.07) is 0.500. The van der Waals surface area contributed by atoms with Crippen molar-refractivity contribution in [3.63, 3.8) is 0 Å². The number of carbonyl (C=O) groups excluding carboxylic acids is 3. The summed E-state index contributed by atoms with van der Waals surface area (Å²) < 4.78 is 26.9. The summed E-state index contributed by atoms with van der Waals surface area (Å²) in [5.74, 6) is -0.961. The number of cyclic esters (lactones) is 1. The van der Waals surface area contributed by atoms with Crippen molar-refractivity contribution in [3.05, 3.63) is 18.0 Å². The first kappa shape index (κ1) is 23.8. The van der Waals surface area contributed by atoms with Crippen LogP contribution >= 0.6 is 0 Å². The van der Waals surface area contributed by atoms with Crippen molar-refractivity contribution in [2.45, 2.75) is 51.7 Å². The van der Waals surface area contributed by atoms with E-state index < -0.39 is 30.7 Å². The molecule has 2 aliphatic rings. The number of amides is 1. The zero-order valence-electron chi connectivity index (χ0n) is 18.6. The van der Waals surface area contributed by atoms with Crippen LogP contribution in [0.1, 0.15) is 50.0 Å². The van der Waals surface area contributed by atoms with Crippen molar-refractivity contribution < 1.29 is 38.1 Å². The average Bonchev–Trinajstić information content (AvgIpc) is 2.83. The van der Waals surface area contributed by atoms with Gasteiger partial charge in [0.2, 0.25) is 6.79 Å². The number of hydrogen-bond donors (Lipinski definition) is 1. The Morgan fingerprint density at radius 3 is 2.78 bits per heavy atom. The van der Waals surface area contributed by atoms with Crippen LogP contribution < -0.4 is 14.8 Å². The van der Waals surface area contributed by atoms with Crippen LogP contribution in [-0.4, -0.2) is 62.1 Å². The van der Waals surface area contributed by atoms with E-state index in [0.29, 0.717) is 12.5 Å². The fourth-order valence-electron chi connectivity index (χ4n) is 4.21. The topological polar surface area (TPSA) is 122 Å². The number of fused-ring (bicyclic) bond motifs is 1. The molecule has 176 valence electrons. The normalized spacial score (nSPS) is 25.8. The summed E-state index contributed by atoms with van der Waals surface area (Å²) in [4.78, 5) is 40.8. The molecule has 1 aromatic heterocycles. The SMILES string of the molecule is COc1ccnc(C(=O)N[C@H]2COC[C@@H]3CCCC[C@H]3[C@H](C)OC2=O)c1OCOC(C)=O. The second-order valence-corrected chi connectivity index (χ2v) is 8.00. The number of esters is 2. The summed E-state index contributed by atoms with van der Waals surface area (Å²) in [5.41, 5.74) is -0.120. The Balaban J connectivity index is 1.74. The second-order valence-electron chi connectivity index (χ2n) is 8.00. The summed E-state index contributed by atoms with van der Waals surface area (Å²) in [6.45, 7) is 3.22. The quantitative estimate of drug-likeness (QED) is 0.511. The van der Waals surface area contributed by atoms with Gasteiger partial charge < -0.3 is 29.0 Å². The third kappa shape index (κ3) is 5.87. The van der Waals surface area contributed by atoms with Gasteiger partial charge in [-0.2, -0.15) is 0 Å². The molecule has 1 N–H and O–H groups in total. The fraction of sp³-hybridized carbons (Fsp3) is 0.636. The van der Waals surface area contributed by atoms with Gasteiger partial charge in [-0.15, -0.1) is 0 Å². The van der Waals surface area contributed by atoms with Crippen LogP contribution in [0, 0.1) is 11.8 Å².